The minimum Gasteiger partial charge on any atom is -0.495 e. The molecule has 30 heavy (non-hydrogen) atoms. The Kier molecular flexibility index (Phi) is 5.97. The first-order valence-corrected chi connectivity index (χ1v) is 10.2. The van der Waals surface area contributed by atoms with Crippen LogP contribution < -0.4 is 14.4 Å². The molecule has 156 valence electrons. The van der Waals surface area contributed by atoms with Crippen molar-refractivity contribution >= 4 is 11.6 Å². The van der Waals surface area contributed by atoms with Gasteiger partial charge in [0.15, 0.2) is 0 Å². The number of fused-ring (bicyclic) bond motifs is 1. The molecule has 1 aliphatic heterocycles. The molecule has 0 radical (unpaired) electrons. The Morgan fingerprint density at radius 1 is 1.20 bits per heavy atom. The second-order valence-electron chi connectivity index (χ2n) is 7.09. The molecule has 0 fully saturated rings. The van der Waals surface area contributed by atoms with Crippen LogP contribution in [0.1, 0.15) is 31.2 Å². The largest absolute Gasteiger partial charge is 0.495 e. The summed E-state index contributed by atoms with van der Waals surface area (Å²) in [7, 11) is 1.63. The van der Waals surface area contributed by atoms with E-state index in [9.17, 15) is 4.79 Å². The number of aromatic nitrogens is 2. The van der Waals surface area contributed by atoms with Crippen LogP contribution in [0.2, 0.25) is 0 Å². The fraction of sp³-hybridized carbons (Fsp3) is 0.348. The predicted octanol–water partition coefficient (Wildman–Crippen LogP) is 4.06. The van der Waals surface area contributed by atoms with Gasteiger partial charge < -0.3 is 18.9 Å². The zero-order valence-corrected chi connectivity index (χ0v) is 17.3. The van der Waals surface area contributed by atoms with Gasteiger partial charge in [-0.2, -0.15) is 4.98 Å². The predicted molar refractivity (Wildman–Crippen MR) is 113 cm³/mol. The number of nitrogens with zero attached hydrogens (tertiary/aromatic N) is 3. The van der Waals surface area contributed by atoms with E-state index in [0.717, 1.165) is 41.2 Å². The number of anilines is 1. The molecule has 0 saturated carbocycles. The average molecular weight is 407 g/mol. The fourth-order valence-electron chi connectivity index (χ4n) is 3.72. The number of para-hydroxylation sites is 1. The molecule has 0 unspecified atom stereocenters. The minimum absolute atomic E-state index is 0.0290. The second kappa shape index (κ2) is 8.98. The summed E-state index contributed by atoms with van der Waals surface area (Å²) < 4.78 is 16.3. The van der Waals surface area contributed by atoms with E-state index in [1.165, 1.54) is 0 Å². The topological polar surface area (TPSA) is 77.7 Å². The van der Waals surface area contributed by atoms with Crippen molar-refractivity contribution in [1.29, 1.82) is 0 Å². The van der Waals surface area contributed by atoms with Crippen molar-refractivity contribution in [3.05, 3.63) is 53.9 Å². The lowest BCUT2D eigenvalue weighted by Gasteiger charge is -2.30. The highest BCUT2D eigenvalue weighted by molar-refractivity contribution is 5.96. The monoisotopic (exact) mass is 407 g/mol. The standard InChI is InChI=1S/C23H25N3O4/c1-3-29-18-11-9-17(10-12-18)23-24-20(30-25-23)13-14-21(27)26-15-5-7-16-6-4-8-19(28-2)22(16)26/h4,6,8-12H,3,5,7,13-15H2,1-2H3. The van der Waals surface area contributed by atoms with Gasteiger partial charge in [-0.3, -0.25) is 4.79 Å². The maximum atomic E-state index is 12.9. The van der Waals surface area contributed by atoms with E-state index in [-0.39, 0.29) is 5.91 Å². The van der Waals surface area contributed by atoms with Gasteiger partial charge in [0.25, 0.3) is 0 Å². The van der Waals surface area contributed by atoms with Crippen LogP contribution in [0.3, 0.4) is 0 Å². The first-order valence-electron chi connectivity index (χ1n) is 10.2. The number of carbonyl (C=O) groups excluding carboxylic acids is 1. The van der Waals surface area contributed by atoms with Crippen LogP contribution in [0.5, 0.6) is 11.5 Å². The third kappa shape index (κ3) is 4.15. The summed E-state index contributed by atoms with van der Waals surface area (Å²) in [6.45, 7) is 3.25. The number of benzene rings is 2. The molecule has 2 heterocycles. The molecule has 4 rings (SSSR count). The Bertz CT molecular complexity index is 999. The molecule has 1 aromatic heterocycles. The molecule has 0 bridgehead atoms. The van der Waals surface area contributed by atoms with Crippen molar-refractivity contribution in [2.75, 3.05) is 25.2 Å². The second-order valence-corrected chi connectivity index (χ2v) is 7.09. The van der Waals surface area contributed by atoms with E-state index in [0.29, 0.717) is 37.7 Å². The Morgan fingerprint density at radius 3 is 2.80 bits per heavy atom. The Hall–Kier alpha value is -3.35. The first-order chi connectivity index (χ1) is 14.7. The summed E-state index contributed by atoms with van der Waals surface area (Å²) in [5.74, 6) is 2.51. The van der Waals surface area contributed by atoms with Crippen molar-refractivity contribution in [3.63, 3.8) is 0 Å². The molecule has 0 N–H and O–H groups in total. The van der Waals surface area contributed by atoms with Crippen LogP contribution in [0.25, 0.3) is 11.4 Å². The summed E-state index contributed by atoms with van der Waals surface area (Å²) in [6.07, 6.45) is 2.58. The first kappa shape index (κ1) is 19.9. The molecule has 0 saturated heterocycles. The quantitative estimate of drug-likeness (QED) is 0.588. The SMILES string of the molecule is CCOc1ccc(-c2noc(CCC(=O)N3CCCc4cccc(OC)c43)n2)cc1. The number of aryl methyl sites for hydroxylation is 2. The normalized spacial score (nSPS) is 13.1. The van der Waals surface area contributed by atoms with Gasteiger partial charge in [-0.15, -0.1) is 0 Å². The van der Waals surface area contributed by atoms with Crippen LogP contribution in [0.4, 0.5) is 5.69 Å². The smallest absolute Gasteiger partial charge is 0.227 e. The van der Waals surface area contributed by atoms with Crippen LogP contribution >= 0.6 is 0 Å². The van der Waals surface area contributed by atoms with Gasteiger partial charge in [-0.25, -0.2) is 0 Å². The number of amides is 1. The van der Waals surface area contributed by atoms with E-state index < -0.39 is 0 Å². The molecule has 1 aliphatic rings. The van der Waals surface area contributed by atoms with Crippen molar-refractivity contribution in [3.8, 4) is 22.9 Å². The van der Waals surface area contributed by atoms with Crippen LogP contribution in [0, 0.1) is 0 Å². The molecule has 7 heteroatoms. The van der Waals surface area contributed by atoms with Crippen LogP contribution in [-0.4, -0.2) is 36.3 Å². The van der Waals surface area contributed by atoms with Crippen molar-refractivity contribution in [2.45, 2.75) is 32.6 Å². The molecule has 0 aliphatic carbocycles. The number of hydrogen-bond donors (Lipinski definition) is 0. The molecule has 0 atom stereocenters. The summed E-state index contributed by atoms with van der Waals surface area (Å²) in [5, 5.41) is 4.04. The van der Waals surface area contributed by atoms with Gasteiger partial charge in [0.1, 0.15) is 11.5 Å². The number of carbonyl (C=O) groups is 1. The number of hydrogen-bond acceptors (Lipinski definition) is 6. The zero-order valence-electron chi connectivity index (χ0n) is 17.3. The molecule has 0 spiro atoms. The summed E-state index contributed by atoms with van der Waals surface area (Å²) in [5.41, 5.74) is 2.87. The van der Waals surface area contributed by atoms with E-state index >= 15 is 0 Å². The van der Waals surface area contributed by atoms with Crippen LogP contribution in [-0.2, 0) is 17.6 Å². The number of rotatable bonds is 7. The van der Waals surface area contributed by atoms with Gasteiger partial charge in [0.2, 0.25) is 17.6 Å². The Labute approximate surface area is 175 Å². The zero-order chi connectivity index (χ0) is 20.9. The number of methoxy groups -OCH3 is 1. The van der Waals surface area contributed by atoms with E-state index in [1.54, 1.807) is 7.11 Å². The molecule has 3 aromatic rings. The van der Waals surface area contributed by atoms with Crippen molar-refractivity contribution < 1.29 is 18.8 Å². The third-order valence-corrected chi connectivity index (χ3v) is 5.15. The van der Waals surface area contributed by atoms with Gasteiger partial charge in [0, 0.05) is 24.9 Å². The van der Waals surface area contributed by atoms with Gasteiger partial charge >= 0.3 is 0 Å². The Morgan fingerprint density at radius 2 is 2.03 bits per heavy atom. The van der Waals surface area contributed by atoms with Gasteiger partial charge in [-0.05, 0) is 55.7 Å². The fourth-order valence-corrected chi connectivity index (χ4v) is 3.72. The highest BCUT2D eigenvalue weighted by Gasteiger charge is 2.26. The lowest BCUT2D eigenvalue weighted by atomic mass is 10.0. The molecule has 7 nitrogen and oxygen atoms in total. The van der Waals surface area contributed by atoms with Crippen molar-refractivity contribution in [2.24, 2.45) is 0 Å². The van der Waals surface area contributed by atoms with Crippen molar-refractivity contribution in [1.82, 2.24) is 10.1 Å². The average Bonchev–Trinajstić information content (AvgIpc) is 3.26. The minimum atomic E-state index is 0.0290. The maximum absolute atomic E-state index is 12.9. The van der Waals surface area contributed by atoms with Gasteiger partial charge in [-0.1, -0.05) is 17.3 Å². The highest BCUT2D eigenvalue weighted by atomic mass is 16.5. The van der Waals surface area contributed by atoms with Gasteiger partial charge in [0.05, 0.1) is 19.4 Å². The lowest BCUT2D eigenvalue weighted by molar-refractivity contribution is -0.118. The maximum Gasteiger partial charge on any atom is 0.227 e. The van der Waals surface area contributed by atoms with E-state index in [4.69, 9.17) is 14.0 Å². The van der Waals surface area contributed by atoms with Crippen LogP contribution in [0.15, 0.2) is 47.0 Å². The summed E-state index contributed by atoms with van der Waals surface area (Å²) in [4.78, 5) is 19.2. The lowest BCUT2D eigenvalue weighted by Crippen LogP contribution is -2.36. The Balaban J connectivity index is 1.42. The number of ether oxygens (including phenoxy) is 2. The molecular formula is C23H25N3O4. The third-order valence-electron chi connectivity index (χ3n) is 5.15. The molecule has 1 amide bonds. The molecular weight excluding hydrogens is 382 g/mol. The summed E-state index contributed by atoms with van der Waals surface area (Å²) in [6, 6.07) is 13.4. The summed E-state index contributed by atoms with van der Waals surface area (Å²) >= 11 is 0. The van der Waals surface area contributed by atoms with E-state index in [1.807, 2.05) is 48.2 Å². The molecule has 2 aromatic carbocycles. The highest BCUT2D eigenvalue weighted by Crippen LogP contribution is 2.36. The van der Waals surface area contributed by atoms with E-state index in [2.05, 4.69) is 16.2 Å².